The Morgan fingerprint density at radius 1 is 1.50 bits per heavy atom. The first-order chi connectivity index (χ1) is 8.70. The number of nitrogens with one attached hydrogen (secondary N) is 1. The van der Waals surface area contributed by atoms with Crippen LogP contribution in [0, 0.1) is 27.4 Å². The first-order valence-electron chi connectivity index (χ1n) is 6.13. The number of nitro groups is 1. The van der Waals surface area contributed by atoms with Gasteiger partial charge in [0.25, 0.3) is 5.69 Å². The highest BCUT2D eigenvalue weighted by molar-refractivity contribution is 5.61. The number of non-ortho nitro benzene ring substituents is 1. The molecule has 5 heteroatoms. The van der Waals surface area contributed by atoms with Crippen LogP contribution in [-0.4, -0.2) is 11.5 Å². The van der Waals surface area contributed by atoms with Crippen molar-refractivity contribution >= 4 is 11.4 Å². The summed E-state index contributed by atoms with van der Waals surface area (Å²) in [6, 6.07) is 6.33. The molecule has 5 nitrogen and oxygen atoms in total. The van der Waals surface area contributed by atoms with Gasteiger partial charge in [-0.3, -0.25) is 10.1 Å². The second-order valence-electron chi connectivity index (χ2n) is 4.61. The molecule has 1 N–H and O–H groups in total. The Morgan fingerprint density at radius 3 is 2.83 bits per heavy atom. The summed E-state index contributed by atoms with van der Waals surface area (Å²) in [5.74, 6) is 0.807. The first kappa shape index (κ1) is 12.4. The maximum atomic E-state index is 10.6. The number of nitrogens with zero attached hydrogens (tertiary/aromatic N) is 2. The molecule has 1 fully saturated rings. The zero-order valence-corrected chi connectivity index (χ0v) is 10.1. The van der Waals surface area contributed by atoms with E-state index in [0.29, 0.717) is 11.3 Å². The lowest BCUT2D eigenvalue weighted by molar-refractivity contribution is -0.384. The van der Waals surface area contributed by atoms with E-state index < -0.39 is 4.92 Å². The van der Waals surface area contributed by atoms with Gasteiger partial charge in [-0.05, 0) is 18.4 Å². The highest BCUT2D eigenvalue weighted by atomic mass is 16.6. The molecule has 0 unspecified atom stereocenters. The lowest BCUT2D eigenvalue weighted by Crippen LogP contribution is -2.15. The number of benzene rings is 1. The molecule has 0 aromatic heterocycles. The van der Waals surface area contributed by atoms with Crippen molar-refractivity contribution in [1.29, 1.82) is 5.26 Å². The number of nitriles is 1. The molecular formula is C13H15N3O2. The van der Waals surface area contributed by atoms with Crippen LogP contribution in [0.1, 0.15) is 31.2 Å². The molecule has 2 rings (SSSR count). The molecule has 0 heterocycles. The van der Waals surface area contributed by atoms with E-state index in [4.69, 9.17) is 5.26 Å². The van der Waals surface area contributed by atoms with Crippen molar-refractivity contribution in [3.8, 4) is 6.07 Å². The van der Waals surface area contributed by atoms with Crippen molar-refractivity contribution < 1.29 is 4.92 Å². The number of hydrogen-bond donors (Lipinski definition) is 1. The largest absolute Gasteiger partial charge is 0.384 e. The van der Waals surface area contributed by atoms with E-state index in [1.54, 1.807) is 6.07 Å². The summed E-state index contributed by atoms with van der Waals surface area (Å²) in [4.78, 5) is 10.1. The summed E-state index contributed by atoms with van der Waals surface area (Å²) < 4.78 is 0. The van der Waals surface area contributed by atoms with Crippen molar-refractivity contribution in [3.63, 3.8) is 0 Å². The van der Waals surface area contributed by atoms with Crippen LogP contribution in [0.3, 0.4) is 0 Å². The Morgan fingerprint density at radius 2 is 2.28 bits per heavy atom. The van der Waals surface area contributed by atoms with Gasteiger partial charge in [-0.2, -0.15) is 5.26 Å². The van der Waals surface area contributed by atoms with E-state index in [9.17, 15) is 10.1 Å². The van der Waals surface area contributed by atoms with E-state index in [2.05, 4.69) is 5.32 Å². The van der Waals surface area contributed by atoms with Crippen LogP contribution in [-0.2, 0) is 0 Å². The van der Waals surface area contributed by atoms with Crippen LogP contribution >= 0.6 is 0 Å². The lowest BCUT2D eigenvalue weighted by Gasteiger charge is -2.25. The zero-order chi connectivity index (χ0) is 13.0. The van der Waals surface area contributed by atoms with Crippen molar-refractivity contribution in [3.05, 3.63) is 33.9 Å². The van der Waals surface area contributed by atoms with Crippen LogP contribution in [0.15, 0.2) is 18.2 Å². The molecule has 94 valence electrons. The van der Waals surface area contributed by atoms with Crippen molar-refractivity contribution in [2.24, 2.45) is 5.92 Å². The zero-order valence-electron chi connectivity index (χ0n) is 10.1. The van der Waals surface area contributed by atoms with Gasteiger partial charge in [0, 0.05) is 18.7 Å². The fourth-order valence-corrected chi connectivity index (χ4v) is 2.08. The summed E-state index contributed by atoms with van der Waals surface area (Å²) in [6.07, 6.45) is 5.02. The average molecular weight is 245 g/mol. The molecule has 1 aromatic carbocycles. The van der Waals surface area contributed by atoms with Gasteiger partial charge in [-0.15, -0.1) is 0 Å². The maximum absolute atomic E-state index is 10.6. The molecule has 1 aromatic rings. The fraction of sp³-hybridized carbons (Fsp3) is 0.462. The van der Waals surface area contributed by atoms with E-state index in [1.165, 1.54) is 31.4 Å². The van der Waals surface area contributed by atoms with Crippen LogP contribution in [0.2, 0.25) is 0 Å². The maximum Gasteiger partial charge on any atom is 0.270 e. The minimum Gasteiger partial charge on any atom is -0.384 e. The van der Waals surface area contributed by atoms with Crippen LogP contribution < -0.4 is 5.32 Å². The molecule has 1 saturated carbocycles. The molecule has 0 spiro atoms. The monoisotopic (exact) mass is 245 g/mol. The molecule has 18 heavy (non-hydrogen) atoms. The number of rotatable bonds is 5. The molecule has 0 aliphatic heterocycles. The third kappa shape index (κ3) is 2.77. The summed E-state index contributed by atoms with van der Waals surface area (Å²) >= 11 is 0. The Hall–Kier alpha value is -2.09. The van der Waals surface area contributed by atoms with Crippen LogP contribution in [0.25, 0.3) is 0 Å². The van der Waals surface area contributed by atoms with Gasteiger partial charge in [0.05, 0.1) is 16.2 Å². The van der Waals surface area contributed by atoms with Crippen LogP contribution in [0.5, 0.6) is 0 Å². The van der Waals surface area contributed by atoms with Gasteiger partial charge in [-0.1, -0.05) is 19.3 Å². The van der Waals surface area contributed by atoms with E-state index >= 15 is 0 Å². The Bertz CT molecular complexity index is 489. The Balaban J connectivity index is 1.98. The van der Waals surface area contributed by atoms with E-state index in [0.717, 1.165) is 18.9 Å². The summed E-state index contributed by atoms with van der Waals surface area (Å²) in [5, 5.41) is 22.8. The smallest absolute Gasteiger partial charge is 0.270 e. The standard InChI is InChI=1S/C13H15N3O2/c14-9-11-8-12(16(17)18)4-5-13(11)15-7-6-10-2-1-3-10/h4-5,8,10,15H,1-3,6-7H2. The molecule has 1 aliphatic rings. The molecule has 1 aliphatic carbocycles. The quantitative estimate of drug-likeness (QED) is 0.638. The van der Waals surface area contributed by atoms with Gasteiger partial charge in [0.1, 0.15) is 6.07 Å². The third-order valence-electron chi connectivity index (χ3n) is 3.43. The van der Waals surface area contributed by atoms with Gasteiger partial charge in [0.2, 0.25) is 0 Å². The van der Waals surface area contributed by atoms with Crippen molar-refractivity contribution in [2.75, 3.05) is 11.9 Å². The first-order valence-corrected chi connectivity index (χ1v) is 6.13. The number of hydrogen-bond acceptors (Lipinski definition) is 4. The van der Waals surface area contributed by atoms with Gasteiger partial charge in [-0.25, -0.2) is 0 Å². The topological polar surface area (TPSA) is 79.0 Å². The highest BCUT2D eigenvalue weighted by Gasteiger charge is 2.17. The molecular weight excluding hydrogens is 230 g/mol. The summed E-state index contributed by atoms with van der Waals surface area (Å²) in [7, 11) is 0. The van der Waals surface area contributed by atoms with Gasteiger partial charge >= 0.3 is 0 Å². The minimum absolute atomic E-state index is 0.0453. The minimum atomic E-state index is -0.487. The fourth-order valence-electron chi connectivity index (χ4n) is 2.08. The highest BCUT2D eigenvalue weighted by Crippen LogP contribution is 2.29. The summed E-state index contributed by atoms with van der Waals surface area (Å²) in [5.41, 5.74) is 0.969. The van der Waals surface area contributed by atoms with Gasteiger partial charge in [0.15, 0.2) is 0 Å². The molecule has 0 bridgehead atoms. The number of nitro benzene ring substituents is 1. The van der Waals surface area contributed by atoms with Gasteiger partial charge < -0.3 is 5.32 Å². The van der Waals surface area contributed by atoms with Crippen molar-refractivity contribution in [1.82, 2.24) is 0 Å². The lowest BCUT2D eigenvalue weighted by atomic mass is 9.83. The summed E-state index contributed by atoms with van der Waals surface area (Å²) in [6.45, 7) is 0.817. The second kappa shape index (κ2) is 5.50. The average Bonchev–Trinajstić information content (AvgIpc) is 2.32. The normalized spacial score (nSPS) is 14.6. The predicted molar refractivity (Wildman–Crippen MR) is 68.3 cm³/mol. The number of anilines is 1. The molecule has 0 saturated heterocycles. The Labute approximate surface area is 106 Å². The molecule has 0 amide bonds. The van der Waals surface area contributed by atoms with E-state index in [1.807, 2.05) is 6.07 Å². The second-order valence-corrected chi connectivity index (χ2v) is 4.61. The third-order valence-corrected chi connectivity index (χ3v) is 3.43. The van der Waals surface area contributed by atoms with Crippen LogP contribution in [0.4, 0.5) is 11.4 Å². The predicted octanol–water partition coefficient (Wildman–Crippen LogP) is 3.07. The molecule has 0 radical (unpaired) electrons. The Kier molecular flexibility index (Phi) is 3.78. The molecule has 0 atom stereocenters. The van der Waals surface area contributed by atoms with E-state index in [-0.39, 0.29) is 5.69 Å². The van der Waals surface area contributed by atoms with Crippen molar-refractivity contribution in [2.45, 2.75) is 25.7 Å². The SMILES string of the molecule is N#Cc1cc([N+](=O)[O-])ccc1NCCC1CCC1.